The van der Waals surface area contributed by atoms with E-state index >= 15 is 0 Å². The first-order valence-corrected chi connectivity index (χ1v) is 7.93. The van der Waals surface area contributed by atoms with Crippen LogP contribution in [0.3, 0.4) is 0 Å². The van der Waals surface area contributed by atoms with Crippen molar-refractivity contribution in [2.45, 2.75) is 18.9 Å². The Kier molecular flexibility index (Phi) is 3.78. The lowest BCUT2D eigenvalue weighted by atomic mass is 10.1. The summed E-state index contributed by atoms with van der Waals surface area (Å²) in [5.41, 5.74) is 7.98. The number of thiocarbonyl (C=S) groups is 1. The average molecular weight is 340 g/mol. The van der Waals surface area contributed by atoms with Crippen molar-refractivity contribution in [1.29, 1.82) is 0 Å². The summed E-state index contributed by atoms with van der Waals surface area (Å²) in [7, 11) is 0. The molecule has 1 saturated heterocycles. The van der Waals surface area contributed by atoms with Crippen molar-refractivity contribution in [1.82, 2.24) is 4.90 Å². The summed E-state index contributed by atoms with van der Waals surface area (Å²) in [6.45, 7) is 4.41. The van der Waals surface area contributed by atoms with Crippen LogP contribution in [0.1, 0.15) is 18.4 Å². The van der Waals surface area contributed by atoms with Gasteiger partial charge in [-0.15, -0.1) is 0 Å². The average Bonchev–Trinajstić information content (AvgIpc) is 3.23. The van der Waals surface area contributed by atoms with Gasteiger partial charge in [-0.1, -0.05) is 28.1 Å². The summed E-state index contributed by atoms with van der Waals surface area (Å²) in [4.78, 5) is 5.49. The van der Waals surface area contributed by atoms with Crippen LogP contribution in [0.2, 0.25) is 0 Å². The van der Waals surface area contributed by atoms with Crippen molar-refractivity contribution in [3.8, 4) is 0 Å². The van der Waals surface area contributed by atoms with Crippen molar-refractivity contribution in [2.75, 3.05) is 31.1 Å². The summed E-state index contributed by atoms with van der Waals surface area (Å²) < 4.78 is 1.08. The molecule has 102 valence electrons. The number of anilines is 1. The Morgan fingerprint density at radius 2 is 1.89 bits per heavy atom. The summed E-state index contributed by atoms with van der Waals surface area (Å²) in [5.74, 6) is 0. The first kappa shape index (κ1) is 13.3. The van der Waals surface area contributed by atoms with Crippen molar-refractivity contribution in [3.05, 3.63) is 28.2 Å². The lowest BCUT2D eigenvalue weighted by molar-refractivity contribution is 0.248. The molecule has 0 aromatic heterocycles. The van der Waals surface area contributed by atoms with Gasteiger partial charge in [-0.05, 0) is 31.0 Å². The van der Waals surface area contributed by atoms with Gasteiger partial charge in [0.2, 0.25) is 0 Å². The van der Waals surface area contributed by atoms with Crippen molar-refractivity contribution < 1.29 is 0 Å². The van der Waals surface area contributed by atoms with Gasteiger partial charge in [0.1, 0.15) is 4.99 Å². The monoisotopic (exact) mass is 339 g/mol. The Hall–Kier alpha value is -0.650. The van der Waals surface area contributed by atoms with Crippen LogP contribution in [-0.2, 0) is 0 Å². The van der Waals surface area contributed by atoms with Gasteiger partial charge in [-0.25, -0.2) is 0 Å². The van der Waals surface area contributed by atoms with E-state index in [1.807, 2.05) is 12.1 Å². The third kappa shape index (κ3) is 2.93. The number of piperazine rings is 1. The zero-order chi connectivity index (χ0) is 13.4. The van der Waals surface area contributed by atoms with Gasteiger partial charge < -0.3 is 10.6 Å². The lowest BCUT2D eigenvalue weighted by Gasteiger charge is -2.37. The SMILES string of the molecule is NC(=S)c1ccc(Br)cc1N1CCN(C2CC2)CC1. The molecule has 2 N–H and O–H groups in total. The van der Waals surface area contributed by atoms with E-state index in [1.165, 1.54) is 12.8 Å². The van der Waals surface area contributed by atoms with Crippen LogP contribution in [0.5, 0.6) is 0 Å². The van der Waals surface area contributed by atoms with Crippen LogP contribution in [0.25, 0.3) is 0 Å². The Morgan fingerprint density at radius 3 is 2.47 bits per heavy atom. The molecular formula is C14H18BrN3S. The molecule has 0 unspecified atom stereocenters. The van der Waals surface area contributed by atoms with Crippen LogP contribution < -0.4 is 10.6 Å². The maximum absolute atomic E-state index is 5.84. The van der Waals surface area contributed by atoms with E-state index in [-0.39, 0.29) is 0 Å². The highest BCUT2D eigenvalue weighted by Crippen LogP contribution is 2.30. The van der Waals surface area contributed by atoms with Gasteiger partial charge >= 0.3 is 0 Å². The highest BCUT2D eigenvalue weighted by molar-refractivity contribution is 9.10. The minimum Gasteiger partial charge on any atom is -0.389 e. The Balaban J connectivity index is 1.78. The molecule has 2 aliphatic rings. The fraction of sp³-hybridized carbons (Fsp3) is 0.500. The predicted octanol–water partition coefficient (Wildman–Crippen LogP) is 2.37. The summed E-state index contributed by atoms with van der Waals surface area (Å²) >= 11 is 8.70. The minimum atomic E-state index is 0.479. The van der Waals surface area contributed by atoms with Crippen molar-refractivity contribution >= 4 is 38.8 Å². The second kappa shape index (κ2) is 5.38. The van der Waals surface area contributed by atoms with Gasteiger partial charge in [0.15, 0.2) is 0 Å². The van der Waals surface area contributed by atoms with E-state index in [0.717, 1.165) is 47.9 Å². The smallest absolute Gasteiger partial charge is 0.106 e. The third-order valence-electron chi connectivity index (χ3n) is 3.94. The predicted molar refractivity (Wildman–Crippen MR) is 86.8 cm³/mol. The maximum Gasteiger partial charge on any atom is 0.106 e. The number of rotatable bonds is 3. The maximum atomic E-state index is 5.84. The molecule has 1 aromatic carbocycles. The first-order valence-electron chi connectivity index (χ1n) is 6.73. The van der Waals surface area contributed by atoms with E-state index in [2.05, 4.69) is 31.8 Å². The molecule has 0 atom stereocenters. The number of nitrogens with zero attached hydrogens (tertiary/aromatic N) is 2. The molecule has 3 rings (SSSR count). The van der Waals surface area contributed by atoms with Gasteiger partial charge in [-0.3, -0.25) is 4.90 Å². The van der Waals surface area contributed by atoms with Crippen LogP contribution in [0.15, 0.2) is 22.7 Å². The van der Waals surface area contributed by atoms with E-state index in [4.69, 9.17) is 18.0 Å². The Bertz CT molecular complexity index is 493. The molecule has 2 fully saturated rings. The standard InChI is InChI=1S/C14H18BrN3S/c15-10-1-4-12(14(16)19)13(9-10)18-7-5-17(6-8-18)11-2-3-11/h1,4,9,11H,2-3,5-8H2,(H2,16,19). The molecular weight excluding hydrogens is 322 g/mol. The molecule has 1 aliphatic heterocycles. The number of benzene rings is 1. The molecule has 1 aliphatic carbocycles. The van der Waals surface area contributed by atoms with Crippen LogP contribution in [0.4, 0.5) is 5.69 Å². The molecule has 3 nitrogen and oxygen atoms in total. The molecule has 0 bridgehead atoms. The largest absolute Gasteiger partial charge is 0.389 e. The molecule has 5 heteroatoms. The van der Waals surface area contributed by atoms with Crippen LogP contribution in [-0.4, -0.2) is 42.1 Å². The highest BCUT2D eigenvalue weighted by Gasteiger charge is 2.31. The number of nitrogens with two attached hydrogens (primary N) is 1. The second-order valence-electron chi connectivity index (χ2n) is 5.28. The zero-order valence-electron chi connectivity index (χ0n) is 10.8. The highest BCUT2D eigenvalue weighted by atomic mass is 79.9. The second-order valence-corrected chi connectivity index (χ2v) is 6.64. The van der Waals surface area contributed by atoms with Crippen LogP contribution >= 0.6 is 28.1 Å². The van der Waals surface area contributed by atoms with Gasteiger partial charge in [0.25, 0.3) is 0 Å². The fourth-order valence-electron chi connectivity index (χ4n) is 2.74. The summed E-state index contributed by atoms with van der Waals surface area (Å²) in [5, 5.41) is 0. The number of hydrogen-bond donors (Lipinski definition) is 1. The topological polar surface area (TPSA) is 32.5 Å². The number of halogens is 1. The summed E-state index contributed by atoms with van der Waals surface area (Å²) in [6, 6.07) is 6.99. The normalized spacial score (nSPS) is 20.6. The molecule has 0 spiro atoms. The first-order chi connectivity index (χ1) is 9.15. The molecule has 19 heavy (non-hydrogen) atoms. The molecule has 0 radical (unpaired) electrons. The van der Waals surface area contributed by atoms with Gasteiger partial charge in [0.05, 0.1) is 0 Å². The Morgan fingerprint density at radius 1 is 1.21 bits per heavy atom. The minimum absolute atomic E-state index is 0.479. The van der Waals surface area contributed by atoms with Gasteiger partial charge in [0, 0.05) is 47.9 Å². The summed E-state index contributed by atoms with van der Waals surface area (Å²) in [6.07, 6.45) is 2.77. The van der Waals surface area contributed by atoms with E-state index in [9.17, 15) is 0 Å². The van der Waals surface area contributed by atoms with Gasteiger partial charge in [-0.2, -0.15) is 0 Å². The number of hydrogen-bond acceptors (Lipinski definition) is 3. The third-order valence-corrected chi connectivity index (χ3v) is 4.66. The van der Waals surface area contributed by atoms with E-state index in [1.54, 1.807) is 0 Å². The fourth-order valence-corrected chi connectivity index (χ4v) is 3.26. The van der Waals surface area contributed by atoms with E-state index in [0.29, 0.717) is 4.99 Å². The Labute approximate surface area is 127 Å². The molecule has 0 amide bonds. The molecule has 1 aromatic rings. The zero-order valence-corrected chi connectivity index (χ0v) is 13.2. The quantitative estimate of drug-likeness (QED) is 0.857. The van der Waals surface area contributed by atoms with Crippen molar-refractivity contribution in [2.24, 2.45) is 5.73 Å². The lowest BCUT2D eigenvalue weighted by Crippen LogP contribution is -2.47. The van der Waals surface area contributed by atoms with E-state index < -0.39 is 0 Å². The molecule has 1 heterocycles. The van der Waals surface area contributed by atoms with Crippen LogP contribution in [0, 0.1) is 0 Å². The molecule has 1 saturated carbocycles. The van der Waals surface area contributed by atoms with Crippen molar-refractivity contribution in [3.63, 3.8) is 0 Å².